The quantitative estimate of drug-likeness (QED) is 0.519. The predicted octanol–water partition coefficient (Wildman–Crippen LogP) is 3.10. The average molecular weight is 226 g/mol. The van der Waals surface area contributed by atoms with Gasteiger partial charge in [0.15, 0.2) is 0 Å². The smallest absolute Gasteiger partial charge is 0.0565 e. The van der Waals surface area contributed by atoms with Crippen LogP contribution >= 0.6 is 8.58 Å². The number of hydrogen-bond acceptors (Lipinski definition) is 2. The molecule has 0 amide bonds. The third-order valence-electron chi connectivity index (χ3n) is 2.39. The van der Waals surface area contributed by atoms with Gasteiger partial charge in [-0.3, -0.25) is 4.99 Å². The predicted molar refractivity (Wildman–Crippen MR) is 71.4 cm³/mol. The van der Waals surface area contributed by atoms with Crippen LogP contribution in [0.25, 0.3) is 0 Å². The fourth-order valence-electron chi connectivity index (χ4n) is 1.39. The molecule has 1 aliphatic carbocycles. The first-order chi connectivity index (χ1) is 7.08. The van der Waals surface area contributed by atoms with Gasteiger partial charge in [-0.1, -0.05) is 15.0 Å². The summed E-state index contributed by atoms with van der Waals surface area (Å²) in [6.07, 6.45) is 8.52. The molecule has 0 aromatic rings. The minimum absolute atomic E-state index is 0.416. The van der Waals surface area contributed by atoms with E-state index in [1.54, 1.807) is 0 Å². The monoisotopic (exact) mass is 226 g/mol. The van der Waals surface area contributed by atoms with Crippen molar-refractivity contribution in [2.75, 3.05) is 14.1 Å². The highest BCUT2D eigenvalue weighted by Gasteiger charge is 2.18. The Bertz CT molecular complexity index is 240. The Labute approximate surface area is 95.6 Å². The second-order valence-corrected chi connectivity index (χ2v) is 6.28. The van der Waals surface area contributed by atoms with Gasteiger partial charge in [-0.25, -0.2) is 0 Å². The lowest BCUT2D eigenvalue weighted by molar-refractivity contribution is 0.520. The molecule has 0 heterocycles. The molecular weight excluding hydrogens is 203 g/mol. The van der Waals surface area contributed by atoms with Crippen LogP contribution in [0.1, 0.15) is 33.1 Å². The van der Waals surface area contributed by atoms with E-state index in [4.69, 9.17) is 0 Å². The second kappa shape index (κ2) is 6.27. The highest BCUT2D eigenvalue weighted by molar-refractivity contribution is 7.59. The minimum Gasteiger partial charge on any atom is -0.383 e. The van der Waals surface area contributed by atoms with Gasteiger partial charge in [0.25, 0.3) is 0 Å². The van der Waals surface area contributed by atoms with Crippen molar-refractivity contribution in [2.24, 2.45) is 4.99 Å². The lowest BCUT2D eigenvalue weighted by atomic mass is 10.00. The lowest BCUT2D eigenvalue weighted by Gasteiger charge is -2.25. The summed E-state index contributed by atoms with van der Waals surface area (Å²) in [5.41, 5.74) is 2.22. The van der Waals surface area contributed by atoms with Gasteiger partial charge in [-0.05, 0) is 38.4 Å². The fourth-order valence-corrected chi connectivity index (χ4v) is 3.01. The zero-order valence-corrected chi connectivity index (χ0v) is 11.3. The largest absolute Gasteiger partial charge is 0.383 e. The first kappa shape index (κ1) is 12.7. The van der Waals surface area contributed by atoms with Crippen molar-refractivity contribution in [1.29, 1.82) is 0 Å². The Morgan fingerprint density at radius 3 is 2.47 bits per heavy atom. The molecule has 0 radical (unpaired) electrons. The highest BCUT2D eigenvalue weighted by Crippen LogP contribution is 2.37. The lowest BCUT2D eigenvalue weighted by Crippen LogP contribution is -2.14. The molecule has 1 rings (SSSR count). The van der Waals surface area contributed by atoms with Crippen molar-refractivity contribution in [1.82, 2.24) is 4.90 Å². The molecule has 15 heavy (non-hydrogen) atoms. The van der Waals surface area contributed by atoms with Crippen molar-refractivity contribution in [3.05, 3.63) is 12.3 Å². The summed E-state index contributed by atoms with van der Waals surface area (Å²) in [4.78, 5) is 6.76. The van der Waals surface area contributed by atoms with E-state index >= 15 is 0 Å². The maximum atomic E-state index is 4.69. The molecule has 0 aliphatic heterocycles. The molecule has 1 saturated carbocycles. The van der Waals surface area contributed by atoms with Crippen LogP contribution in [0.5, 0.6) is 0 Å². The van der Waals surface area contributed by atoms with Crippen LogP contribution in [-0.4, -0.2) is 36.1 Å². The molecule has 1 unspecified atom stereocenters. The third-order valence-corrected chi connectivity index (χ3v) is 3.96. The van der Waals surface area contributed by atoms with E-state index in [0.717, 1.165) is 14.2 Å². The normalized spacial score (nSPS) is 19.4. The van der Waals surface area contributed by atoms with E-state index in [-0.39, 0.29) is 0 Å². The Kier molecular flexibility index (Phi) is 5.31. The summed E-state index contributed by atoms with van der Waals surface area (Å²) in [6.45, 7) is 4.30. The van der Waals surface area contributed by atoms with E-state index in [9.17, 15) is 0 Å². The molecule has 86 valence electrons. The molecule has 3 heteroatoms. The van der Waals surface area contributed by atoms with Crippen molar-refractivity contribution >= 4 is 14.0 Å². The first-order valence-corrected chi connectivity index (χ1v) is 6.84. The molecule has 1 aliphatic rings. The molecule has 0 aromatic carbocycles. The van der Waals surface area contributed by atoms with Crippen LogP contribution < -0.4 is 0 Å². The van der Waals surface area contributed by atoms with Crippen LogP contribution in [0.2, 0.25) is 0 Å². The molecule has 1 fully saturated rings. The van der Waals surface area contributed by atoms with Crippen LogP contribution in [-0.2, 0) is 0 Å². The zero-order valence-electron chi connectivity index (χ0n) is 10.3. The van der Waals surface area contributed by atoms with Crippen LogP contribution in [0.15, 0.2) is 17.3 Å². The SMILES string of the molecule is CC(C)N=C(/C=C\N(C)C)PC1CCC1. The number of rotatable bonds is 5. The van der Waals surface area contributed by atoms with Crippen molar-refractivity contribution < 1.29 is 0 Å². The number of aliphatic imine (C=N–C) groups is 1. The summed E-state index contributed by atoms with van der Waals surface area (Å²) in [7, 11) is 5.02. The summed E-state index contributed by atoms with van der Waals surface area (Å²) < 4.78 is 0. The van der Waals surface area contributed by atoms with Gasteiger partial charge >= 0.3 is 0 Å². The van der Waals surface area contributed by atoms with Gasteiger partial charge in [-0.2, -0.15) is 0 Å². The van der Waals surface area contributed by atoms with Gasteiger partial charge in [-0.15, -0.1) is 0 Å². The van der Waals surface area contributed by atoms with Gasteiger partial charge in [0.05, 0.1) is 5.45 Å². The molecule has 0 saturated heterocycles. The van der Waals surface area contributed by atoms with E-state index < -0.39 is 0 Å². The highest BCUT2D eigenvalue weighted by atomic mass is 31.1. The van der Waals surface area contributed by atoms with Crippen LogP contribution in [0, 0.1) is 0 Å². The molecule has 2 nitrogen and oxygen atoms in total. The van der Waals surface area contributed by atoms with E-state index in [1.165, 1.54) is 24.7 Å². The molecule has 0 spiro atoms. The fraction of sp³-hybridized carbons (Fsp3) is 0.750. The zero-order chi connectivity index (χ0) is 11.3. The Morgan fingerprint density at radius 2 is 2.07 bits per heavy atom. The number of nitrogens with zero attached hydrogens (tertiary/aromatic N) is 2. The summed E-state index contributed by atoms with van der Waals surface area (Å²) in [6, 6.07) is 0.416. The molecule has 0 bridgehead atoms. The maximum Gasteiger partial charge on any atom is 0.0565 e. The van der Waals surface area contributed by atoms with Crippen LogP contribution in [0.4, 0.5) is 0 Å². The van der Waals surface area contributed by atoms with E-state index in [2.05, 4.69) is 50.1 Å². The summed E-state index contributed by atoms with van der Waals surface area (Å²) in [5, 5.41) is 0. The van der Waals surface area contributed by atoms with Gasteiger partial charge in [0, 0.05) is 26.3 Å². The number of hydrogen-bond donors (Lipinski definition) is 0. The van der Waals surface area contributed by atoms with Crippen molar-refractivity contribution in [3.8, 4) is 0 Å². The molecule has 1 atom stereocenters. The minimum atomic E-state index is 0.416. The Balaban J connectivity index is 2.51. The van der Waals surface area contributed by atoms with Gasteiger partial charge < -0.3 is 4.90 Å². The number of allylic oxidation sites excluding steroid dienone is 1. The van der Waals surface area contributed by atoms with E-state index in [1.807, 2.05) is 0 Å². The second-order valence-electron chi connectivity index (χ2n) is 4.66. The summed E-state index contributed by atoms with van der Waals surface area (Å²) >= 11 is 0. The van der Waals surface area contributed by atoms with Gasteiger partial charge in [0.2, 0.25) is 0 Å². The van der Waals surface area contributed by atoms with Crippen molar-refractivity contribution in [2.45, 2.75) is 44.8 Å². The first-order valence-electron chi connectivity index (χ1n) is 5.77. The van der Waals surface area contributed by atoms with Gasteiger partial charge in [0.1, 0.15) is 0 Å². The van der Waals surface area contributed by atoms with Crippen molar-refractivity contribution in [3.63, 3.8) is 0 Å². The molecule has 0 aromatic heterocycles. The van der Waals surface area contributed by atoms with Crippen LogP contribution in [0.3, 0.4) is 0 Å². The summed E-state index contributed by atoms with van der Waals surface area (Å²) in [5.74, 6) is 0. The van der Waals surface area contributed by atoms with E-state index in [0.29, 0.717) is 6.04 Å². The Morgan fingerprint density at radius 1 is 1.40 bits per heavy atom. The molecular formula is C12H23N2P. The third kappa shape index (κ3) is 5.32. The Hall–Kier alpha value is -0.360. The molecule has 0 N–H and O–H groups in total. The maximum absolute atomic E-state index is 4.69. The topological polar surface area (TPSA) is 15.6 Å². The average Bonchev–Trinajstić information content (AvgIpc) is 2.05. The standard InChI is InChI=1S/C12H23N2P/c1-10(2)13-12(8-9-14(3)4)15-11-6-5-7-11/h8-11,15H,5-7H2,1-4H3/b9-8-,13-12?.